The van der Waals surface area contributed by atoms with Gasteiger partial charge in [-0.2, -0.15) is 0 Å². The molecule has 0 bridgehead atoms. The quantitative estimate of drug-likeness (QED) is 0.259. The van der Waals surface area contributed by atoms with Gasteiger partial charge in [0.25, 0.3) is 11.6 Å². The Kier molecular flexibility index (Phi) is 8.94. The van der Waals surface area contributed by atoms with E-state index in [1.54, 1.807) is 30.2 Å². The number of nitrogens with zero attached hydrogens (tertiary/aromatic N) is 4. The van der Waals surface area contributed by atoms with Crippen LogP contribution in [0.1, 0.15) is 5.56 Å². The zero-order valence-electron chi connectivity index (χ0n) is 18.6. The van der Waals surface area contributed by atoms with Gasteiger partial charge >= 0.3 is 0 Å². The molecule has 0 aliphatic carbocycles. The number of thiazole rings is 1. The molecule has 1 aliphatic heterocycles. The number of nitro benzene ring substituents is 1. The van der Waals surface area contributed by atoms with E-state index in [1.165, 1.54) is 29.5 Å². The Bertz CT molecular complexity index is 1180. The van der Waals surface area contributed by atoms with Crippen LogP contribution in [-0.2, 0) is 9.53 Å². The third-order valence-electron chi connectivity index (χ3n) is 5.32. The first-order chi connectivity index (χ1) is 16.0. The number of carbonyl (C=O) groups excluding carboxylic acids is 1. The van der Waals surface area contributed by atoms with Gasteiger partial charge in [0.2, 0.25) is 0 Å². The topological polar surface area (TPSA) is 98.0 Å². The zero-order valence-corrected chi connectivity index (χ0v) is 20.2. The van der Waals surface area contributed by atoms with Crippen molar-refractivity contribution in [2.24, 2.45) is 0 Å². The van der Waals surface area contributed by atoms with Gasteiger partial charge in [-0.1, -0.05) is 23.5 Å². The number of morpholine rings is 1. The molecule has 180 valence electrons. The number of anilines is 1. The Morgan fingerprint density at radius 1 is 1.29 bits per heavy atom. The fourth-order valence-electron chi connectivity index (χ4n) is 3.50. The van der Waals surface area contributed by atoms with Crippen molar-refractivity contribution in [3.8, 4) is 5.75 Å². The lowest BCUT2D eigenvalue weighted by atomic mass is 10.2. The van der Waals surface area contributed by atoms with Gasteiger partial charge in [-0.3, -0.25) is 24.7 Å². The summed E-state index contributed by atoms with van der Waals surface area (Å²) in [6, 6.07) is 11.8. The average molecular weight is 505 g/mol. The largest absolute Gasteiger partial charge is 0.497 e. The first kappa shape index (κ1) is 25.6. The molecule has 0 atom stereocenters. The third kappa shape index (κ3) is 6.29. The summed E-state index contributed by atoms with van der Waals surface area (Å²) >= 11 is 1.44. The van der Waals surface area contributed by atoms with Crippen LogP contribution < -0.4 is 9.64 Å². The molecule has 2 aromatic carbocycles. The van der Waals surface area contributed by atoms with Crippen LogP contribution in [0.15, 0.2) is 48.5 Å². The third-order valence-corrected chi connectivity index (χ3v) is 6.38. The van der Waals surface area contributed by atoms with E-state index in [-0.39, 0.29) is 24.0 Å². The van der Waals surface area contributed by atoms with Crippen molar-refractivity contribution < 1.29 is 19.2 Å². The standard InChI is InChI=1S/C23H24N4O5S.ClH/c1-31-19-6-7-21-20(16-19)24-23(33-21)26(10-9-25-11-13-32-14-12-25)22(28)8-5-17-3-2-4-18(15-17)27(29)30;/h2-8,15-16H,9-14H2,1H3;1H/b8-5+;. The van der Waals surface area contributed by atoms with Gasteiger partial charge in [0, 0.05) is 50.5 Å². The van der Waals surface area contributed by atoms with Crippen LogP contribution >= 0.6 is 23.7 Å². The molecule has 1 aliphatic rings. The fourth-order valence-corrected chi connectivity index (χ4v) is 4.48. The second-order valence-electron chi connectivity index (χ2n) is 7.46. The van der Waals surface area contributed by atoms with Crippen molar-refractivity contribution in [3.05, 3.63) is 64.2 Å². The average Bonchev–Trinajstić information content (AvgIpc) is 3.26. The van der Waals surface area contributed by atoms with E-state index >= 15 is 0 Å². The number of ether oxygens (including phenoxy) is 2. The molecule has 11 heteroatoms. The van der Waals surface area contributed by atoms with Crippen molar-refractivity contribution in [2.45, 2.75) is 0 Å². The summed E-state index contributed by atoms with van der Waals surface area (Å²) in [5, 5.41) is 11.6. The van der Waals surface area contributed by atoms with E-state index in [4.69, 9.17) is 9.47 Å². The lowest BCUT2D eigenvalue weighted by Gasteiger charge is -2.28. The highest BCUT2D eigenvalue weighted by Crippen LogP contribution is 2.31. The minimum atomic E-state index is -0.455. The van der Waals surface area contributed by atoms with Crippen LogP contribution in [0, 0.1) is 10.1 Å². The molecule has 0 N–H and O–H groups in total. The molecule has 0 spiro atoms. The number of carbonyl (C=O) groups is 1. The molecule has 1 fully saturated rings. The van der Waals surface area contributed by atoms with Gasteiger partial charge in [-0.25, -0.2) is 4.98 Å². The van der Waals surface area contributed by atoms with Gasteiger partial charge in [0.05, 0.1) is 35.5 Å². The number of aromatic nitrogens is 1. The Morgan fingerprint density at radius 2 is 2.09 bits per heavy atom. The summed E-state index contributed by atoms with van der Waals surface area (Å²) in [5.74, 6) is 0.469. The van der Waals surface area contributed by atoms with Gasteiger partial charge in [0.1, 0.15) is 5.75 Å². The Morgan fingerprint density at radius 3 is 2.82 bits per heavy atom. The predicted molar refractivity (Wildman–Crippen MR) is 135 cm³/mol. The number of hydrogen-bond acceptors (Lipinski definition) is 8. The summed E-state index contributed by atoms with van der Waals surface area (Å²) < 4.78 is 11.7. The fraction of sp³-hybridized carbons (Fsp3) is 0.304. The molecule has 2 heterocycles. The highest BCUT2D eigenvalue weighted by Gasteiger charge is 2.20. The van der Waals surface area contributed by atoms with Crippen LogP contribution in [0.3, 0.4) is 0 Å². The maximum Gasteiger partial charge on any atom is 0.270 e. The van der Waals surface area contributed by atoms with Crippen LogP contribution in [0.25, 0.3) is 16.3 Å². The zero-order chi connectivity index (χ0) is 23.2. The summed E-state index contributed by atoms with van der Waals surface area (Å²) in [7, 11) is 1.60. The van der Waals surface area contributed by atoms with Gasteiger partial charge in [-0.15, -0.1) is 12.4 Å². The highest BCUT2D eigenvalue weighted by molar-refractivity contribution is 7.22. The summed E-state index contributed by atoms with van der Waals surface area (Å²) in [6.07, 6.45) is 3.03. The van der Waals surface area contributed by atoms with Gasteiger partial charge < -0.3 is 9.47 Å². The van der Waals surface area contributed by atoms with Crippen molar-refractivity contribution in [3.63, 3.8) is 0 Å². The molecule has 3 aromatic rings. The second-order valence-corrected chi connectivity index (χ2v) is 8.47. The molecule has 0 radical (unpaired) electrons. The monoisotopic (exact) mass is 504 g/mol. The molecular weight excluding hydrogens is 480 g/mol. The predicted octanol–water partition coefficient (Wildman–Crippen LogP) is 4.01. The maximum absolute atomic E-state index is 13.2. The van der Waals surface area contributed by atoms with E-state index in [0.29, 0.717) is 42.7 Å². The van der Waals surface area contributed by atoms with E-state index in [1.807, 2.05) is 18.2 Å². The first-order valence-corrected chi connectivity index (χ1v) is 11.3. The van der Waals surface area contributed by atoms with Crippen LogP contribution in [0.5, 0.6) is 5.75 Å². The Balaban J connectivity index is 0.00000324. The lowest BCUT2D eigenvalue weighted by molar-refractivity contribution is -0.384. The van der Waals surface area contributed by atoms with Crippen LogP contribution in [0.4, 0.5) is 10.8 Å². The SMILES string of the molecule is COc1ccc2sc(N(CCN3CCOCC3)C(=O)/C=C/c3cccc([N+](=O)[O-])c3)nc2c1.Cl. The number of rotatable bonds is 8. The molecule has 1 aromatic heterocycles. The first-order valence-electron chi connectivity index (χ1n) is 10.5. The number of methoxy groups -OCH3 is 1. The molecule has 9 nitrogen and oxygen atoms in total. The molecule has 0 saturated carbocycles. The van der Waals surface area contributed by atoms with E-state index in [0.717, 1.165) is 23.3 Å². The van der Waals surface area contributed by atoms with E-state index in [9.17, 15) is 14.9 Å². The molecular formula is C23H25ClN4O5S. The van der Waals surface area contributed by atoms with Crippen molar-refractivity contribution in [1.82, 2.24) is 9.88 Å². The number of benzene rings is 2. The van der Waals surface area contributed by atoms with E-state index < -0.39 is 4.92 Å². The summed E-state index contributed by atoms with van der Waals surface area (Å²) in [5.41, 5.74) is 1.33. The normalized spacial score (nSPS) is 14.1. The Hall–Kier alpha value is -3.05. The van der Waals surface area contributed by atoms with Gasteiger partial charge in [0.15, 0.2) is 5.13 Å². The molecule has 0 unspecified atom stereocenters. The number of halogens is 1. The van der Waals surface area contributed by atoms with Gasteiger partial charge in [-0.05, 0) is 23.8 Å². The van der Waals surface area contributed by atoms with Crippen LogP contribution in [0.2, 0.25) is 0 Å². The van der Waals surface area contributed by atoms with Crippen molar-refractivity contribution >= 4 is 56.8 Å². The maximum atomic E-state index is 13.2. The minimum Gasteiger partial charge on any atom is -0.497 e. The lowest BCUT2D eigenvalue weighted by Crippen LogP contribution is -2.42. The molecule has 1 amide bonds. The van der Waals surface area contributed by atoms with Crippen molar-refractivity contribution in [1.29, 1.82) is 0 Å². The highest BCUT2D eigenvalue weighted by atomic mass is 35.5. The van der Waals surface area contributed by atoms with E-state index in [2.05, 4.69) is 9.88 Å². The smallest absolute Gasteiger partial charge is 0.270 e. The number of fused-ring (bicyclic) bond motifs is 1. The summed E-state index contributed by atoms with van der Waals surface area (Å²) in [4.78, 5) is 32.4. The number of nitro groups is 1. The van der Waals surface area contributed by atoms with Crippen molar-refractivity contribution in [2.75, 3.05) is 51.4 Å². The summed E-state index contributed by atoms with van der Waals surface area (Å²) in [6.45, 7) is 4.17. The minimum absolute atomic E-state index is 0. The second kappa shape index (κ2) is 11.9. The molecule has 34 heavy (non-hydrogen) atoms. The number of non-ortho nitro benzene ring substituents is 1. The van der Waals surface area contributed by atoms with Crippen LogP contribution in [-0.4, -0.2) is 67.2 Å². The number of amides is 1. The molecule has 4 rings (SSSR count). The number of hydrogen-bond donors (Lipinski definition) is 0. The Labute approximate surface area is 207 Å². The molecule has 1 saturated heterocycles.